The highest BCUT2D eigenvalue weighted by Gasteiger charge is 1.93. The molecule has 2 aromatic heterocycles. The number of hydrogen-bond donors (Lipinski definition) is 1. The first-order chi connectivity index (χ1) is 7.86. The summed E-state index contributed by atoms with van der Waals surface area (Å²) in [7, 11) is 0. The van der Waals surface area contributed by atoms with Crippen LogP contribution in [0.4, 0.5) is 0 Å². The first-order valence-corrected chi connectivity index (χ1v) is 6.12. The number of hydrogen-bond acceptors (Lipinski definition) is 2. The van der Waals surface area contributed by atoms with Crippen molar-refractivity contribution in [3.05, 3.63) is 24.2 Å². The van der Waals surface area contributed by atoms with Crippen molar-refractivity contribution in [1.29, 1.82) is 0 Å². The SMILES string of the molecule is CC.CC.CC.Cc1cc2cn[nH]c2cn1. The summed E-state index contributed by atoms with van der Waals surface area (Å²) in [5, 5.41) is 7.83. The number of rotatable bonds is 0. The number of aryl methyl sites for hydroxylation is 1. The molecule has 0 bridgehead atoms. The van der Waals surface area contributed by atoms with E-state index in [9.17, 15) is 0 Å². The Balaban J connectivity index is 0. The molecule has 0 radical (unpaired) electrons. The fourth-order valence-electron chi connectivity index (χ4n) is 0.953. The van der Waals surface area contributed by atoms with Crippen LogP contribution in [-0.4, -0.2) is 15.2 Å². The predicted octanol–water partition coefficient (Wildman–Crippen LogP) is 4.34. The smallest absolute Gasteiger partial charge is 0.0833 e. The van der Waals surface area contributed by atoms with Gasteiger partial charge >= 0.3 is 0 Å². The summed E-state index contributed by atoms with van der Waals surface area (Å²) in [5.74, 6) is 0. The van der Waals surface area contributed by atoms with Crippen molar-refractivity contribution in [3.8, 4) is 0 Å². The van der Waals surface area contributed by atoms with E-state index in [2.05, 4.69) is 15.2 Å². The van der Waals surface area contributed by atoms with Crippen molar-refractivity contribution in [2.24, 2.45) is 0 Å². The Labute approximate surface area is 99.3 Å². The number of nitrogens with one attached hydrogen (secondary N) is 1. The van der Waals surface area contributed by atoms with Gasteiger partial charge in [-0.25, -0.2) is 0 Å². The molecule has 0 saturated carbocycles. The number of fused-ring (bicyclic) bond motifs is 1. The van der Waals surface area contributed by atoms with E-state index in [-0.39, 0.29) is 0 Å². The third-order valence-corrected chi connectivity index (χ3v) is 1.46. The number of aromatic amines is 1. The maximum atomic E-state index is 4.11. The maximum absolute atomic E-state index is 4.11. The Morgan fingerprint density at radius 1 is 0.938 bits per heavy atom. The molecule has 0 saturated heterocycles. The molecular weight excluding hydrogens is 198 g/mol. The van der Waals surface area contributed by atoms with Crippen LogP contribution in [0.25, 0.3) is 10.9 Å². The maximum Gasteiger partial charge on any atom is 0.0833 e. The molecule has 92 valence electrons. The third-order valence-electron chi connectivity index (χ3n) is 1.46. The van der Waals surface area contributed by atoms with E-state index >= 15 is 0 Å². The van der Waals surface area contributed by atoms with E-state index in [1.54, 1.807) is 12.4 Å². The molecule has 0 atom stereocenters. The predicted molar refractivity (Wildman–Crippen MR) is 72.7 cm³/mol. The lowest BCUT2D eigenvalue weighted by Gasteiger charge is -1.88. The van der Waals surface area contributed by atoms with Gasteiger partial charge in [0, 0.05) is 11.1 Å². The average Bonchev–Trinajstić information content (AvgIpc) is 2.84. The summed E-state index contributed by atoms with van der Waals surface area (Å²) in [5.41, 5.74) is 2.01. The summed E-state index contributed by atoms with van der Waals surface area (Å²) in [6.07, 6.45) is 3.58. The van der Waals surface area contributed by atoms with Gasteiger partial charge in [-0.05, 0) is 13.0 Å². The highest BCUT2D eigenvalue weighted by Crippen LogP contribution is 2.08. The summed E-state index contributed by atoms with van der Waals surface area (Å²) in [6, 6.07) is 2.00. The quantitative estimate of drug-likeness (QED) is 0.721. The molecule has 0 fully saturated rings. The molecule has 2 rings (SSSR count). The third kappa shape index (κ3) is 5.49. The van der Waals surface area contributed by atoms with E-state index in [1.807, 2.05) is 54.5 Å². The molecule has 0 aliphatic rings. The molecule has 16 heavy (non-hydrogen) atoms. The molecule has 0 aliphatic heterocycles. The molecule has 2 heterocycles. The Kier molecular flexibility index (Phi) is 12.4. The summed E-state index contributed by atoms with van der Waals surface area (Å²) in [4.78, 5) is 4.11. The van der Waals surface area contributed by atoms with Gasteiger partial charge in [0.2, 0.25) is 0 Å². The number of H-pyrrole nitrogens is 1. The molecule has 0 amide bonds. The van der Waals surface area contributed by atoms with Gasteiger partial charge in [0.1, 0.15) is 0 Å². The normalized spacial score (nSPS) is 7.69. The zero-order valence-corrected chi connectivity index (χ0v) is 11.6. The lowest BCUT2D eigenvalue weighted by atomic mass is 10.3. The van der Waals surface area contributed by atoms with Crippen LogP contribution in [0.3, 0.4) is 0 Å². The zero-order chi connectivity index (χ0) is 13.0. The standard InChI is InChI=1S/C7H7N3.3C2H6/c1-5-2-6-3-9-10-7(6)4-8-5;3*1-2/h2-4H,1H3,(H,9,10);3*1-2H3. The highest BCUT2D eigenvalue weighted by molar-refractivity contribution is 5.76. The van der Waals surface area contributed by atoms with Crippen LogP contribution in [-0.2, 0) is 0 Å². The van der Waals surface area contributed by atoms with Crippen molar-refractivity contribution in [1.82, 2.24) is 15.2 Å². The number of pyridine rings is 1. The molecule has 1 N–H and O–H groups in total. The van der Waals surface area contributed by atoms with Crippen LogP contribution in [0.2, 0.25) is 0 Å². The van der Waals surface area contributed by atoms with Crippen molar-refractivity contribution in [2.75, 3.05) is 0 Å². The summed E-state index contributed by atoms with van der Waals surface area (Å²) < 4.78 is 0. The summed E-state index contributed by atoms with van der Waals surface area (Å²) >= 11 is 0. The molecule has 0 aliphatic carbocycles. The minimum atomic E-state index is 0.991. The first kappa shape index (κ1) is 17.0. The van der Waals surface area contributed by atoms with E-state index < -0.39 is 0 Å². The Hall–Kier alpha value is -1.38. The van der Waals surface area contributed by atoms with Gasteiger partial charge in [-0.15, -0.1) is 0 Å². The Morgan fingerprint density at radius 2 is 1.50 bits per heavy atom. The topological polar surface area (TPSA) is 41.6 Å². The van der Waals surface area contributed by atoms with Crippen LogP contribution < -0.4 is 0 Å². The van der Waals surface area contributed by atoms with Crippen LogP contribution >= 0.6 is 0 Å². The van der Waals surface area contributed by atoms with Crippen molar-refractivity contribution >= 4 is 10.9 Å². The van der Waals surface area contributed by atoms with Crippen LogP contribution in [0.1, 0.15) is 47.2 Å². The van der Waals surface area contributed by atoms with Crippen molar-refractivity contribution < 1.29 is 0 Å². The molecule has 3 heteroatoms. The second-order valence-corrected chi connectivity index (χ2v) is 2.28. The van der Waals surface area contributed by atoms with Gasteiger partial charge in [-0.2, -0.15) is 5.10 Å². The lowest BCUT2D eigenvalue weighted by Crippen LogP contribution is -1.77. The molecular formula is C13H25N3. The van der Waals surface area contributed by atoms with Gasteiger partial charge in [0.05, 0.1) is 17.9 Å². The lowest BCUT2D eigenvalue weighted by molar-refractivity contribution is 1.11. The fraction of sp³-hybridized carbons (Fsp3) is 0.538. The van der Waals surface area contributed by atoms with E-state index in [1.165, 1.54) is 0 Å². The fourth-order valence-corrected chi connectivity index (χ4v) is 0.953. The Bertz CT molecular complexity index is 353. The molecule has 0 aromatic carbocycles. The van der Waals surface area contributed by atoms with Gasteiger partial charge in [-0.1, -0.05) is 41.5 Å². The number of aromatic nitrogens is 3. The summed E-state index contributed by atoms with van der Waals surface area (Å²) in [6.45, 7) is 14.0. The molecule has 0 spiro atoms. The van der Waals surface area contributed by atoms with Gasteiger partial charge in [0.15, 0.2) is 0 Å². The minimum absolute atomic E-state index is 0.991. The van der Waals surface area contributed by atoms with Crippen LogP contribution in [0.15, 0.2) is 18.5 Å². The monoisotopic (exact) mass is 223 g/mol. The molecule has 2 aromatic rings. The van der Waals surface area contributed by atoms with Crippen LogP contribution in [0, 0.1) is 6.92 Å². The minimum Gasteiger partial charge on any atom is -0.276 e. The largest absolute Gasteiger partial charge is 0.276 e. The van der Waals surface area contributed by atoms with Gasteiger partial charge in [-0.3, -0.25) is 10.1 Å². The first-order valence-electron chi connectivity index (χ1n) is 6.12. The van der Waals surface area contributed by atoms with E-state index in [0.29, 0.717) is 0 Å². The molecule has 0 unspecified atom stereocenters. The van der Waals surface area contributed by atoms with E-state index in [0.717, 1.165) is 16.6 Å². The average molecular weight is 223 g/mol. The highest BCUT2D eigenvalue weighted by atomic mass is 15.1. The van der Waals surface area contributed by atoms with Crippen LogP contribution in [0.5, 0.6) is 0 Å². The second kappa shape index (κ2) is 11.7. The Morgan fingerprint density at radius 3 is 2.06 bits per heavy atom. The van der Waals surface area contributed by atoms with E-state index in [4.69, 9.17) is 0 Å². The van der Waals surface area contributed by atoms with Crippen molar-refractivity contribution in [3.63, 3.8) is 0 Å². The molecule has 3 nitrogen and oxygen atoms in total. The number of nitrogens with zero attached hydrogens (tertiary/aromatic N) is 2. The zero-order valence-electron chi connectivity index (χ0n) is 11.6. The second-order valence-electron chi connectivity index (χ2n) is 2.28. The van der Waals surface area contributed by atoms with Gasteiger partial charge < -0.3 is 0 Å². The van der Waals surface area contributed by atoms with Crippen molar-refractivity contribution in [2.45, 2.75) is 48.5 Å². The van der Waals surface area contributed by atoms with Gasteiger partial charge in [0.25, 0.3) is 0 Å².